The lowest BCUT2D eigenvalue weighted by Gasteiger charge is -2.28. The summed E-state index contributed by atoms with van der Waals surface area (Å²) in [5, 5.41) is 9.33. The highest BCUT2D eigenvalue weighted by Gasteiger charge is 2.25. The van der Waals surface area contributed by atoms with Crippen LogP contribution in [0.1, 0.15) is 61.2 Å². The van der Waals surface area contributed by atoms with Gasteiger partial charge in [-0.3, -0.25) is 0 Å². The number of benzene rings is 2. The van der Waals surface area contributed by atoms with Crippen LogP contribution in [-0.2, 0) is 6.42 Å². The van der Waals surface area contributed by atoms with Crippen molar-refractivity contribution in [1.29, 1.82) is 0 Å². The Labute approximate surface area is 212 Å². The molecule has 0 atom stereocenters. The lowest BCUT2D eigenvalue weighted by atomic mass is 9.78. The zero-order chi connectivity index (χ0) is 25.6. The SMILES string of the molecule is CCN(CC)c1ccc(-c2nnc(CC(C)(C)C(C)C)nc2-c2ccc(N(CC)CC)cc2)cc1. The fourth-order valence-corrected chi connectivity index (χ4v) is 4.28. The van der Waals surface area contributed by atoms with Crippen molar-refractivity contribution < 1.29 is 0 Å². The molecule has 0 aliphatic rings. The number of anilines is 2. The molecule has 3 aromatic rings. The first kappa shape index (κ1) is 26.7. The number of aromatic nitrogens is 3. The summed E-state index contributed by atoms with van der Waals surface area (Å²) < 4.78 is 0. The standard InChI is InChI=1S/C30H43N5/c1-9-34(10-2)25-17-13-23(14-18-25)28-29(24-15-19-26(20-16-24)35(11-3)12-4)33-32-27(31-28)21-30(7,8)22(5)6/h13-20,22H,9-12,21H2,1-8H3. The van der Waals surface area contributed by atoms with Crippen LogP contribution >= 0.6 is 0 Å². The summed E-state index contributed by atoms with van der Waals surface area (Å²) in [7, 11) is 0. The van der Waals surface area contributed by atoms with E-state index in [1.54, 1.807) is 0 Å². The van der Waals surface area contributed by atoms with E-state index < -0.39 is 0 Å². The van der Waals surface area contributed by atoms with Crippen molar-refractivity contribution in [2.45, 2.75) is 61.8 Å². The molecular formula is C30H43N5. The summed E-state index contributed by atoms with van der Waals surface area (Å²) in [4.78, 5) is 9.79. The Bertz CT molecular complexity index is 1060. The van der Waals surface area contributed by atoms with Crippen LogP contribution in [-0.4, -0.2) is 41.4 Å². The number of hydrogen-bond donors (Lipinski definition) is 0. The van der Waals surface area contributed by atoms with Crippen molar-refractivity contribution in [3.05, 3.63) is 54.4 Å². The molecule has 1 aromatic heterocycles. The molecule has 1 heterocycles. The highest BCUT2D eigenvalue weighted by atomic mass is 15.2. The topological polar surface area (TPSA) is 45.2 Å². The van der Waals surface area contributed by atoms with E-state index in [0.29, 0.717) is 5.92 Å². The molecule has 188 valence electrons. The van der Waals surface area contributed by atoms with E-state index in [1.165, 1.54) is 11.4 Å². The maximum Gasteiger partial charge on any atom is 0.152 e. The van der Waals surface area contributed by atoms with Crippen molar-refractivity contribution in [3.8, 4) is 22.5 Å². The third-order valence-electron chi connectivity index (χ3n) is 7.45. The first-order valence-electron chi connectivity index (χ1n) is 13.2. The van der Waals surface area contributed by atoms with Gasteiger partial charge in [0.25, 0.3) is 0 Å². The monoisotopic (exact) mass is 473 g/mol. The number of rotatable bonds is 11. The molecule has 0 saturated carbocycles. The first-order valence-corrected chi connectivity index (χ1v) is 13.2. The zero-order valence-electron chi connectivity index (χ0n) is 23.0. The second-order valence-corrected chi connectivity index (χ2v) is 10.2. The Morgan fingerprint density at radius 2 is 1.09 bits per heavy atom. The molecule has 3 rings (SSSR count). The molecule has 5 heteroatoms. The largest absolute Gasteiger partial charge is 0.372 e. The van der Waals surface area contributed by atoms with Gasteiger partial charge in [-0.2, -0.15) is 0 Å². The van der Waals surface area contributed by atoms with Gasteiger partial charge in [0.1, 0.15) is 11.4 Å². The molecule has 0 saturated heterocycles. The van der Waals surface area contributed by atoms with E-state index >= 15 is 0 Å². The van der Waals surface area contributed by atoms with Gasteiger partial charge in [-0.1, -0.05) is 52.0 Å². The summed E-state index contributed by atoms with van der Waals surface area (Å²) in [5.41, 5.74) is 6.39. The number of nitrogens with zero attached hydrogens (tertiary/aromatic N) is 5. The molecule has 0 unspecified atom stereocenters. The molecule has 0 amide bonds. The van der Waals surface area contributed by atoms with Crippen LogP contribution in [0.3, 0.4) is 0 Å². The van der Waals surface area contributed by atoms with Crippen LogP contribution < -0.4 is 9.80 Å². The smallest absolute Gasteiger partial charge is 0.152 e. The van der Waals surface area contributed by atoms with Gasteiger partial charge in [0.2, 0.25) is 0 Å². The van der Waals surface area contributed by atoms with Crippen LogP contribution in [0.4, 0.5) is 11.4 Å². The predicted octanol–water partition coefficient (Wildman–Crippen LogP) is 7.12. The Balaban J connectivity index is 2.06. The maximum absolute atomic E-state index is 5.09. The van der Waals surface area contributed by atoms with Crippen molar-refractivity contribution in [3.63, 3.8) is 0 Å². The van der Waals surface area contributed by atoms with Crippen molar-refractivity contribution in [1.82, 2.24) is 15.2 Å². The summed E-state index contributed by atoms with van der Waals surface area (Å²) >= 11 is 0. The lowest BCUT2D eigenvalue weighted by molar-refractivity contribution is 0.242. The van der Waals surface area contributed by atoms with Crippen LogP contribution in [0.5, 0.6) is 0 Å². The summed E-state index contributed by atoms with van der Waals surface area (Å²) in [6, 6.07) is 17.4. The van der Waals surface area contributed by atoms with Crippen LogP contribution in [0.15, 0.2) is 48.5 Å². The van der Waals surface area contributed by atoms with E-state index in [-0.39, 0.29) is 5.41 Å². The summed E-state index contributed by atoms with van der Waals surface area (Å²) in [5.74, 6) is 1.32. The van der Waals surface area contributed by atoms with Crippen molar-refractivity contribution >= 4 is 11.4 Å². The van der Waals surface area contributed by atoms with Crippen LogP contribution in [0, 0.1) is 11.3 Å². The maximum atomic E-state index is 5.09. The van der Waals surface area contributed by atoms with E-state index in [2.05, 4.69) is 119 Å². The molecule has 5 nitrogen and oxygen atoms in total. The molecule has 0 N–H and O–H groups in total. The van der Waals surface area contributed by atoms with E-state index in [1.807, 2.05) is 0 Å². The minimum atomic E-state index is 0.0957. The minimum absolute atomic E-state index is 0.0957. The fourth-order valence-electron chi connectivity index (χ4n) is 4.28. The van der Waals surface area contributed by atoms with Crippen molar-refractivity contribution in [2.24, 2.45) is 11.3 Å². The number of hydrogen-bond acceptors (Lipinski definition) is 5. The van der Waals surface area contributed by atoms with Crippen LogP contribution in [0.2, 0.25) is 0 Å². The average molecular weight is 474 g/mol. The zero-order valence-corrected chi connectivity index (χ0v) is 23.0. The molecule has 0 radical (unpaired) electrons. The highest BCUT2D eigenvalue weighted by molar-refractivity contribution is 5.79. The molecule has 0 aliphatic heterocycles. The van der Waals surface area contributed by atoms with Gasteiger partial charge >= 0.3 is 0 Å². The Kier molecular flexibility index (Phi) is 8.87. The molecule has 0 fully saturated rings. The minimum Gasteiger partial charge on any atom is -0.372 e. The third kappa shape index (κ3) is 6.19. The second kappa shape index (κ2) is 11.7. The lowest BCUT2D eigenvalue weighted by Crippen LogP contribution is -2.24. The Morgan fingerprint density at radius 3 is 1.49 bits per heavy atom. The van der Waals surface area contributed by atoms with Crippen molar-refractivity contribution in [2.75, 3.05) is 36.0 Å². The predicted molar refractivity (Wildman–Crippen MR) is 150 cm³/mol. The molecule has 2 aromatic carbocycles. The second-order valence-electron chi connectivity index (χ2n) is 10.2. The summed E-state index contributed by atoms with van der Waals surface area (Å²) in [6.07, 6.45) is 0.795. The highest BCUT2D eigenvalue weighted by Crippen LogP contribution is 2.33. The summed E-state index contributed by atoms with van der Waals surface area (Å²) in [6.45, 7) is 21.8. The van der Waals surface area contributed by atoms with Gasteiger partial charge in [0.05, 0.1) is 0 Å². The van der Waals surface area contributed by atoms with Gasteiger partial charge in [-0.15, -0.1) is 10.2 Å². The molecular weight excluding hydrogens is 430 g/mol. The van der Waals surface area contributed by atoms with Gasteiger partial charge in [0, 0.05) is 55.1 Å². The Morgan fingerprint density at radius 1 is 0.657 bits per heavy atom. The molecule has 35 heavy (non-hydrogen) atoms. The van der Waals surface area contributed by atoms with Crippen LogP contribution in [0.25, 0.3) is 22.5 Å². The fraction of sp³-hybridized carbons (Fsp3) is 0.500. The average Bonchev–Trinajstić information content (AvgIpc) is 2.86. The third-order valence-corrected chi connectivity index (χ3v) is 7.45. The molecule has 0 spiro atoms. The normalized spacial score (nSPS) is 11.7. The van der Waals surface area contributed by atoms with E-state index in [4.69, 9.17) is 10.1 Å². The van der Waals surface area contributed by atoms with E-state index in [0.717, 1.165) is 60.9 Å². The molecule has 0 bridgehead atoms. The van der Waals surface area contributed by atoms with Gasteiger partial charge in [0.15, 0.2) is 5.82 Å². The quantitative estimate of drug-likeness (QED) is 0.296. The van der Waals surface area contributed by atoms with E-state index in [9.17, 15) is 0 Å². The van der Waals surface area contributed by atoms with Gasteiger partial charge in [-0.25, -0.2) is 4.98 Å². The Hall–Kier alpha value is -2.95. The molecule has 0 aliphatic carbocycles. The first-order chi connectivity index (χ1) is 16.7. The van der Waals surface area contributed by atoms with Gasteiger partial charge < -0.3 is 9.80 Å². The van der Waals surface area contributed by atoms with Gasteiger partial charge in [-0.05, 0) is 63.3 Å².